The Balaban J connectivity index is 1.86. The Hall–Kier alpha value is -1.75. The average Bonchev–Trinajstić information content (AvgIpc) is 2.89. The van der Waals surface area contributed by atoms with Crippen molar-refractivity contribution in [1.29, 1.82) is 0 Å². The zero-order valence-corrected chi connectivity index (χ0v) is 11.0. The molecular formula is C14H18N4O. The van der Waals surface area contributed by atoms with E-state index in [0.717, 1.165) is 24.1 Å². The molecule has 0 aromatic carbocycles. The number of hydrogen-bond acceptors (Lipinski definition) is 5. The van der Waals surface area contributed by atoms with Crippen LogP contribution in [0.25, 0.3) is 11.5 Å². The minimum atomic E-state index is 0.132. The van der Waals surface area contributed by atoms with Gasteiger partial charge in [0, 0.05) is 12.2 Å². The number of rotatable bonds is 2. The van der Waals surface area contributed by atoms with Gasteiger partial charge in [0.25, 0.3) is 0 Å². The number of aryl methyl sites for hydroxylation is 1. The van der Waals surface area contributed by atoms with Gasteiger partial charge >= 0.3 is 0 Å². The molecule has 0 radical (unpaired) electrons. The van der Waals surface area contributed by atoms with Crippen LogP contribution in [0.15, 0.2) is 22.9 Å². The summed E-state index contributed by atoms with van der Waals surface area (Å²) in [6.45, 7) is 2.02. The van der Waals surface area contributed by atoms with Gasteiger partial charge in [-0.15, -0.1) is 0 Å². The SMILES string of the molecule is Cc1ccnc(-c2noc(C3CCCCC3N)n2)c1. The molecule has 5 nitrogen and oxygen atoms in total. The smallest absolute Gasteiger partial charge is 0.231 e. The fourth-order valence-electron chi connectivity index (χ4n) is 2.61. The minimum absolute atomic E-state index is 0.132. The number of pyridine rings is 1. The fraction of sp³-hybridized carbons (Fsp3) is 0.500. The molecule has 0 aliphatic heterocycles. The van der Waals surface area contributed by atoms with E-state index in [9.17, 15) is 0 Å². The predicted octanol–water partition coefficient (Wildman–Crippen LogP) is 2.42. The second-order valence-electron chi connectivity index (χ2n) is 5.23. The number of aromatic nitrogens is 3. The van der Waals surface area contributed by atoms with Gasteiger partial charge in [-0.25, -0.2) is 0 Å². The molecular weight excluding hydrogens is 240 g/mol. The second-order valence-corrected chi connectivity index (χ2v) is 5.23. The third kappa shape index (κ3) is 2.51. The molecule has 3 rings (SSSR count). The normalized spacial score (nSPS) is 23.5. The van der Waals surface area contributed by atoms with Crippen molar-refractivity contribution >= 4 is 0 Å². The maximum atomic E-state index is 6.14. The quantitative estimate of drug-likeness (QED) is 0.895. The summed E-state index contributed by atoms with van der Waals surface area (Å²) in [5.74, 6) is 1.40. The second kappa shape index (κ2) is 5.09. The van der Waals surface area contributed by atoms with Crippen LogP contribution in [-0.2, 0) is 0 Å². The van der Waals surface area contributed by atoms with Crippen LogP contribution in [0.3, 0.4) is 0 Å². The van der Waals surface area contributed by atoms with Crippen molar-refractivity contribution in [2.75, 3.05) is 0 Å². The maximum absolute atomic E-state index is 6.14. The first-order chi connectivity index (χ1) is 9.24. The molecule has 2 heterocycles. The zero-order valence-electron chi connectivity index (χ0n) is 11.0. The number of nitrogens with zero attached hydrogens (tertiary/aromatic N) is 3. The van der Waals surface area contributed by atoms with Crippen LogP contribution in [0.2, 0.25) is 0 Å². The van der Waals surface area contributed by atoms with Crippen molar-refractivity contribution in [1.82, 2.24) is 15.1 Å². The lowest BCUT2D eigenvalue weighted by molar-refractivity contribution is 0.290. The van der Waals surface area contributed by atoms with E-state index in [4.69, 9.17) is 10.3 Å². The van der Waals surface area contributed by atoms with Crippen molar-refractivity contribution in [3.8, 4) is 11.5 Å². The molecule has 5 heteroatoms. The summed E-state index contributed by atoms with van der Waals surface area (Å²) in [5, 5.41) is 4.03. The highest BCUT2D eigenvalue weighted by Gasteiger charge is 2.28. The van der Waals surface area contributed by atoms with E-state index in [1.807, 2.05) is 19.1 Å². The van der Waals surface area contributed by atoms with Gasteiger partial charge in [0.1, 0.15) is 5.69 Å². The molecule has 2 unspecified atom stereocenters. The lowest BCUT2D eigenvalue weighted by Crippen LogP contribution is -2.31. The van der Waals surface area contributed by atoms with Crippen LogP contribution in [0, 0.1) is 6.92 Å². The summed E-state index contributed by atoms with van der Waals surface area (Å²) in [7, 11) is 0. The van der Waals surface area contributed by atoms with Gasteiger partial charge in [0.2, 0.25) is 11.7 Å². The molecule has 2 atom stereocenters. The van der Waals surface area contributed by atoms with Crippen molar-refractivity contribution in [3.05, 3.63) is 29.8 Å². The van der Waals surface area contributed by atoms with Crippen molar-refractivity contribution < 1.29 is 4.52 Å². The molecule has 1 fully saturated rings. The van der Waals surface area contributed by atoms with Crippen LogP contribution < -0.4 is 5.73 Å². The molecule has 2 aromatic rings. The lowest BCUT2D eigenvalue weighted by atomic mass is 9.85. The summed E-state index contributed by atoms with van der Waals surface area (Å²) in [5.41, 5.74) is 8.02. The Labute approximate surface area is 112 Å². The van der Waals surface area contributed by atoms with Gasteiger partial charge in [-0.3, -0.25) is 4.98 Å². The van der Waals surface area contributed by atoms with E-state index >= 15 is 0 Å². The number of hydrogen-bond donors (Lipinski definition) is 1. The van der Waals surface area contributed by atoms with Crippen molar-refractivity contribution in [3.63, 3.8) is 0 Å². The molecule has 2 aromatic heterocycles. The van der Waals surface area contributed by atoms with Crippen LogP contribution in [0.1, 0.15) is 43.1 Å². The van der Waals surface area contributed by atoms with E-state index in [1.165, 1.54) is 12.8 Å². The summed E-state index contributed by atoms with van der Waals surface area (Å²) in [6.07, 6.45) is 6.19. The molecule has 1 saturated carbocycles. The molecule has 1 aliphatic carbocycles. The molecule has 0 bridgehead atoms. The molecule has 19 heavy (non-hydrogen) atoms. The Kier molecular flexibility index (Phi) is 3.29. The van der Waals surface area contributed by atoms with Crippen molar-refractivity contribution in [2.45, 2.75) is 44.6 Å². The van der Waals surface area contributed by atoms with Gasteiger partial charge < -0.3 is 10.3 Å². The minimum Gasteiger partial charge on any atom is -0.339 e. The first-order valence-electron chi connectivity index (χ1n) is 6.76. The third-order valence-corrected chi connectivity index (χ3v) is 3.72. The molecule has 0 spiro atoms. The van der Waals surface area contributed by atoms with Gasteiger partial charge in [0.05, 0.1) is 5.92 Å². The summed E-state index contributed by atoms with van der Waals surface area (Å²) >= 11 is 0. The summed E-state index contributed by atoms with van der Waals surface area (Å²) in [4.78, 5) is 8.75. The Morgan fingerprint density at radius 3 is 2.95 bits per heavy atom. The van der Waals surface area contributed by atoms with Gasteiger partial charge in [-0.05, 0) is 37.5 Å². The van der Waals surface area contributed by atoms with E-state index in [1.54, 1.807) is 6.20 Å². The van der Waals surface area contributed by atoms with Crippen LogP contribution in [0.4, 0.5) is 0 Å². The Bertz CT molecular complexity index is 566. The third-order valence-electron chi connectivity index (χ3n) is 3.72. The lowest BCUT2D eigenvalue weighted by Gasteiger charge is -2.25. The zero-order chi connectivity index (χ0) is 13.2. The van der Waals surface area contributed by atoms with Crippen LogP contribution in [-0.4, -0.2) is 21.2 Å². The standard InChI is InChI=1S/C14H18N4O/c1-9-6-7-16-12(8-9)13-17-14(19-18-13)10-4-2-3-5-11(10)15/h6-8,10-11H,2-5,15H2,1H3. The fourth-order valence-corrected chi connectivity index (χ4v) is 2.61. The first-order valence-corrected chi connectivity index (χ1v) is 6.76. The highest BCUT2D eigenvalue weighted by molar-refractivity contribution is 5.49. The summed E-state index contributed by atoms with van der Waals surface area (Å²) < 4.78 is 5.39. The van der Waals surface area contributed by atoms with Gasteiger partial charge in [0.15, 0.2) is 0 Å². The van der Waals surface area contributed by atoms with E-state index < -0.39 is 0 Å². The van der Waals surface area contributed by atoms with Crippen LogP contribution in [0.5, 0.6) is 0 Å². The van der Waals surface area contributed by atoms with E-state index in [-0.39, 0.29) is 12.0 Å². The van der Waals surface area contributed by atoms with Gasteiger partial charge in [-0.1, -0.05) is 18.0 Å². The molecule has 100 valence electrons. The molecule has 1 aliphatic rings. The van der Waals surface area contributed by atoms with Crippen LogP contribution >= 0.6 is 0 Å². The Morgan fingerprint density at radius 2 is 2.16 bits per heavy atom. The molecule has 0 amide bonds. The van der Waals surface area contributed by atoms with E-state index in [0.29, 0.717) is 11.7 Å². The monoisotopic (exact) mass is 258 g/mol. The van der Waals surface area contributed by atoms with E-state index in [2.05, 4.69) is 15.1 Å². The largest absolute Gasteiger partial charge is 0.339 e. The Morgan fingerprint density at radius 1 is 1.32 bits per heavy atom. The van der Waals surface area contributed by atoms with Crippen molar-refractivity contribution in [2.24, 2.45) is 5.73 Å². The van der Waals surface area contributed by atoms with Gasteiger partial charge in [-0.2, -0.15) is 4.98 Å². The topological polar surface area (TPSA) is 77.8 Å². The highest BCUT2D eigenvalue weighted by Crippen LogP contribution is 2.31. The average molecular weight is 258 g/mol. The summed E-state index contributed by atoms with van der Waals surface area (Å²) in [6, 6.07) is 4.03. The maximum Gasteiger partial charge on any atom is 0.231 e. The molecule has 2 N–H and O–H groups in total. The predicted molar refractivity (Wildman–Crippen MR) is 71.5 cm³/mol. The number of nitrogens with two attached hydrogens (primary N) is 1. The molecule has 0 saturated heterocycles. The first kappa shape index (κ1) is 12.3. The highest BCUT2D eigenvalue weighted by atomic mass is 16.5.